The van der Waals surface area contributed by atoms with Crippen LogP contribution < -0.4 is 5.32 Å². The maximum Gasteiger partial charge on any atom is 0.407 e. The first-order valence-corrected chi connectivity index (χ1v) is 7.39. The van der Waals surface area contributed by atoms with Crippen molar-refractivity contribution in [3.8, 4) is 0 Å². The summed E-state index contributed by atoms with van der Waals surface area (Å²) in [5.74, 6) is -0.0809. The van der Waals surface area contributed by atoms with Crippen LogP contribution in [0.4, 0.5) is 4.79 Å². The lowest BCUT2D eigenvalue weighted by Gasteiger charge is -2.20. The molecule has 0 aromatic heterocycles. The van der Waals surface area contributed by atoms with Crippen LogP contribution in [0, 0.1) is 0 Å². The second kappa shape index (κ2) is 9.80. The Hall–Kier alpha value is -2.04. The maximum absolute atomic E-state index is 11.9. The minimum Gasteiger partial charge on any atom is -0.445 e. The van der Waals surface area contributed by atoms with E-state index in [4.69, 9.17) is 4.74 Å². The first-order chi connectivity index (χ1) is 10.2. The number of carbonyl (C=O) groups excluding carboxylic acids is 2. The monoisotopic (exact) mass is 292 g/mol. The first-order valence-electron chi connectivity index (χ1n) is 7.39. The largest absolute Gasteiger partial charge is 0.445 e. The van der Waals surface area contributed by atoms with E-state index in [2.05, 4.69) is 12.2 Å². The van der Waals surface area contributed by atoms with E-state index in [0.29, 0.717) is 6.54 Å². The SMILES string of the molecule is CCCCN(CC)C(=O)CNC(=O)OCc1ccccc1. The van der Waals surface area contributed by atoms with Crippen molar-refractivity contribution >= 4 is 12.0 Å². The molecule has 5 heteroatoms. The molecule has 0 bridgehead atoms. The highest BCUT2D eigenvalue weighted by Crippen LogP contribution is 2.00. The van der Waals surface area contributed by atoms with Gasteiger partial charge in [0.25, 0.3) is 0 Å². The number of nitrogens with zero attached hydrogens (tertiary/aromatic N) is 1. The van der Waals surface area contributed by atoms with Crippen LogP contribution in [0.25, 0.3) is 0 Å². The van der Waals surface area contributed by atoms with Gasteiger partial charge in [-0.2, -0.15) is 0 Å². The Morgan fingerprint density at radius 2 is 1.90 bits per heavy atom. The molecule has 0 unspecified atom stereocenters. The van der Waals surface area contributed by atoms with Crippen LogP contribution in [-0.2, 0) is 16.1 Å². The third-order valence-corrected chi connectivity index (χ3v) is 3.11. The molecule has 0 aliphatic heterocycles. The van der Waals surface area contributed by atoms with Gasteiger partial charge >= 0.3 is 6.09 Å². The van der Waals surface area contributed by atoms with E-state index >= 15 is 0 Å². The Balaban J connectivity index is 2.26. The highest BCUT2D eigenvalue weighted by Gasteiger charge is 2.12. The molecule has 2 amide bonds. The van der Waals surface area contributed by atoms with E-state index in [0.717, 1.165) is 24.9 Å². The Morgan fingerprint density at radius 3 is 2.52 bits per heavy atom. The lowest BCUT2D eigenvalue weighted by atomic mass is 10.2. The molecule has 1 aromatic carbocycles. The van der Waals surface area contributed by atoms with E-state index < -0.39 is 6.09 Å². The number of ether oxygens (including phenoxy) is 1. The molecule has 0 atom stereocenters. The van der Waals surface area contributed by atoms with Gasteiger partial charge in [-0.05, 0) is 18.9 Å². The van der Waals surface area contributed by atoms with Crippen molar-refractivity contribution < 1.29 is 14.3 Å². The topological polar surface area (TPSA) is 58.6 Å². The quantitative estimate of drug-likeness (QED) is 0.801. The number of alkyl carbamates (subject to hydrolysis) is 1. The minimum absolute atomic E-state index is 0.0226. The molecule has 0 radical (unpaired) electrons. The Labute approximate surface area is 126 Å². The van der Waals surface area contributed by atoms with Crippen molar-refractivity contribution in [2.24, 2.45) is 0 Å². The summed E-state index contributed by atoms with van der Waals surface area (Å²) in [6.45, 7) is 5.57. The fourth-order valence-electron chi connectivity index (χ4n) is 1.84. The lowest BCUT2D eigenvalue weighted by molar-refractivity contribution is -0.130. The van der Waals surface area contributed by atoms with Crippen LogP contribution in [0.2, 0.25) is 0 Å². The van der Waals surface area contributed by atoms with Crippen molar-refractivity contribution in [2.45, 2.75) is 33.3 Å². The van der Waals surface area contributed by atoms with Crippen LogP contribution in [0.3, 0.4) is 0 Å². The highest BCUT2D eigenvalue weighted by atomic mass is 16.5. The summed E-state index contributed by atoms with van der Waals surface area (Å²) in [6.07, 6.45) is 1.44. The molecule has 0 saturated carbocycles. The molecule has 21 heavy (non-hydrogen) atoms. The summed E-state index contributed by atoms with van der Waals surface area (Å²) in [6, 6.07) is 9.42. The van der Waals surface area contributed by atoms with Crippen molar-refractivity contribution in [3.63, 3.8) is 0 Å². The smallest absolute Gasteiger partial charge is 0.407 e. The van der Waals surface area contributed by atoms with Gasteiger partial charge in [0.05, 0.1) is 0 Å². The van der Waals surface area contributed by atoms with Crippen molar-refractivity contribution in [3.05, 3.63) is 35.9 Å². The van der Waals surface area contributed by atoms with Gasteiger partial charge in [-0.15, -0.1) is 0 Å². The molecular formula is C16H24N2O3. The summed E-state index contributed by atoms with van der Waals surface area (Å²) >= 11 is 0. The molecule has 0 saturated heterocycles. The predicted octanol–water partition coefficient (Wildman–Crippen LogP) is 2.56. The van der Waals surface area contributed by atoms with Gasteiger partial charge in [-0.25, -0.2) is 4.79 Å². The van der Waals surface area contributed by atoms with Gasteiger partial charge in [0.15, 0.2) is 0 Å². The summed E-state index contributed by atoms with van der Waals surface area (Å²) < 4.78 is 5.05. The normalized spacial score (nSPS) is 10.0. The molecule has 0 spiro atoms. The van der Waals surface area contributed by atoms with Gasteiger partial charge in [0, 0.05) is 13.1 Å². The molecule has 1 aromatic rings. The maximum atomic E-state index is 11.9. The average Bonchev–Trinajstić information content (AvgIpc) is 2.52. The molecular weight excluding hydrogens is 268 g/mol. The number of hydrogen-bond acceptors (Lipinski definition) is 3. The second-order valence-corrected chi connectivity index (χ2v) is 4.74. The summed E-state index contributed by atoms with van der Waals surface area (Å²) in [5, 5.41) is 2.49. The number of hydrogen-bond donors (Lipinski definition) is 1. The molecule has 0 heterocycles. The lowest BCUT2D eigenvalue weighted by Crippen LogP contribution is -2.40. The zero-order valence-electron chi connectivity index (χ0n) is 12.8. The number of rotatable bonds is 8. The Morgan fingerprint density at radius 1 is 1.19 bits per heavy atom. The fraction of sp³-hybridized carbons (Fsp3) is 0.500. The Bertz CT molecular complexity index is 434. The van der Waals surface area contributed by atoms with Crippen LogP contribution in [-0.4, -0.2) is 36.5 Å². The molecule has 0 aliphatic carbocycles. The van der Waals surface area contributed by atoms with Crippen LogP contribution in [0.5, 0.6) is 0 Å². The van der Waals surface area contributed by atoms with E-state index in [-0.39, 0.29) is 19.1 Å². The number of likely N-dealkylation sites (N-methyl/N-ethyl adjacent to an activating group) is 1. The summed E-state index contributed by atoms with van der Waals surface area (Å²) in [5.41, 5.74) is 0.914. The fourth-order valence-corrected chi connectivity index (χ4v) is 1.84. The first kappa shape index (κ1) is 17.0. The zero-order valence-corrected chi connectivity index (χ0v) is 12.8. The summed E-state index contributed by atoms with van der Waals surface area (Å²) in [7, 11) is 0. The average molecular weight is 292 g/mol. The third kappa shape index (κ3) is 6.79. The molecule has 116 valence electrons. The molecule has 0 aliphatic rings. The zero-order chi connectivity index (χ0) is 15.5. The number of amides is 2. The highest BCUT2D eigenvalue weighted by molar-refractivity contribution is 5.82. The third-order valence-electron chi connectivity index (χ3n) is 3.11. The second-order valence-electron chi connectivity index (χ2n) is 4.74. The van der Waals surface area contributed by atoms with Gasteiger partial charge < -0.3 is 15.0 Å². The minimum atomic E-state index is -0.571. The van der Waals surface area contributed by atoms with E-state index in [1.165, 1.54) is 0 Å². The van der Waals surface area contributed by atoms with Gasteiger partial charge in [0.1, 0.15) is 13.2 Å². The summed E-state index contributed by atoms with van der Waals surface area (Å²) in [4.78, 5) is 25.2. The molecule has 5 nitrogen and oxygen atoms in total. The van der Waals surface area contributed by atoms with Gasteiger partial charge in [-0.1, -0.05) is 43.7 Å². The van der Waals surface area contributed by atoms with Crippen LogP contribution in [0.15, 0.2) is 30.3 Å². The predicted molar refractivity (Wildman–Crippen MR) is 81.8 cm³/mol. The van der Waals surface area contributed by atoms with E-state index in [1.807, 2.05) is 37.3 Å². The van der Waals surface area contributed by atoms with Crippen molar-refractivity contribution in [1.29, 1.82) is 0 Å². The number of carbonyl (C=O) groups is 2. The number of unbranched alkanes of at least 4 members (excludes halogenated alkanes) is 1. The molecule has 0 fully saturated rings. The van der Waals surface area contributed by atoms with Crippen molar-refractivity contribution in [2.75, 3.05) is 19.6 Å². The Kier molecular flexibility index (Phi) is 7.94. The van der Waals surface area contributed by atoms with Crippen LogP contribution >= 0.6 is 0 Å². The number of nitrogens with one attached hydrogen (secondary N) is 1. The van der Waals surface area contributed by atoms with E-state index in [1.54, 1.807) is 4.90 Å². The standard InChI is InChI=1S/C16H24N2O3/c1-3-5-11-18(4-2)15(19)12-17-16(20)21-13-14-9-7-6-8-10-14/h6-10H,3-5,11-13H2,1-2H3,(H,17,20). The number of benzene rings is 1. The van der Waals surface area contributed by atoms with E-state index in [9.17, 15) is 9.59 Å². The van der Waals surface area contributed by atoms with Gasteiger partial charge in [0.2, 0.25) is 5.91 Å². The molecule has 1 rings (SSSR count). The van der Waals surface area contributed by atoms with Crippen LogP contribution in [0.1, 0.15) is 32.3 Å². The van der Waals surface area contributed by atoms with Gasteiger partial charge in [-0.3, -0.25) is 4.79 Å². The van der Waals surface area contributed by atoms with Crippen molar-refractivity contribution in [1.82, 2.24) is 10.2 Å². The molecule has 1 N–H and O–H groups in total.